The van der Waals surface area contributed by atoms with Gasteiger partial charge in [0.05, 0.1) is 5.02 Å². The molecule has 0 saturated heterocycles. The van der Waals surface area contributed by atoms with Crippen LogP contribution >= 0.6 is 11.6 Å². The van der Waals surface area contributed by atoms with E-state index in [9.17, 15) is 8.78 Å². The van der Waals surface area contributed by atoms with Crippen LogP contribution in [0.4, 0.5) is 8.78 Å². The SMILES string of the molecule is Cc1ccc(C(C)NCc2cccc(F)c2Cl)cc1F. The molecule has 0 spiro atoms. The minimum absolute atomic E-state index is 0.0514. The van der Waals surface area contributed by atoms with E-state index in [1.54, 1.807) is 25.1 Å². The Hall–Kier alpha value is -1.45. The van der Waals surface area contributed by atoms with E-state index in [2.05, 4.69) is 5.32 Å². The molecule has 0 fully saturated rings. The number of rotatable bonds is 4. The molecule has 2 aromatic rings. The molecular formula is C16H16ClF2N. The van der Waals surface area contributed by atoms with E-state index in [0.717, 1.165) is 5.56 Å². The van der Waals surface area contributed by atoms with Gasteiger partial charge >= 0.3 is 0 Å². The van der Waals surface area contributed by atoms with Gasteiger partial charge in [0.1, 0.15) is 11.6 Å². The first kappa shape index (κ1) is 14.9. The van der Waals surface area contributed by atoms with Crippen LogP contribution in [-0.4, -0.2) is 0 Å². The number of aryl methyl sites for hydroxylation is 1. The summed E-state index contributed by atoms with van der Waals surface area (Å²) in [6, 6.07) is 9.80. The molecule has 1 atom stereocenters. The largest absolute Gasteiger partial charge is 0.306 e. The molecule has 0 heterocycles. The highest BCUT2D eigenvalue weighted by molar-refractivity contribution is 6.31. The maximum Gasteiger partial charge on any atom is 0.142 e. The fourth-order valence-corrected chi connectivity index (χ4v) is 2.14. The predicted octanol–water partition coefficient (Wildman–Crippen LogP) is 4.78. The Morgan fingerprint density at radius 3 is 2.60 bits per heavy atom. The van der Waals surface area contributed by atoms with Crippen LogP contribution in [0.25, 0.3) is 0 Å². The topological polar surface area (TPSA) is 12.0 Å². The van der Waals surface area contributed by atoms with Crippen molar-refractivity contribution in [3.63, 3.8) is 0 Å². The van der Waals surface area contributed by atoms with Gasteiger partial charge in [-0.1, -0.05) is 35.9 Å². The molecule has 2 aromatic carbocycles. The first-order chi connectivity index (χ1) is 9.49. The van der Waals surface area contributed by atoms with Crippen molar-refractivity contribution < 1.29 is 8.78 Å². The van der Waals surface area contributed by atoms with Crippen LogP contribution in [0.1, 0.15) is 29.7 Å². The molecule has 0 aromatic heterocycles. The van der Waals surface area contributed by atoms with Crippen LogP contribution in [0.2, 0.25) is 5.02 Å². The summed E-state index contributed by atoms with van der Waals surface area (Å²) >= 11 is 5.89. The molecule has 4 heteroatoms. The maximum atomic E-state index is 13.5. The molecule has 1 N–H and O–H groups in total. The molecular weight excluding hydrogens is 280 g/mol. The average Bonchev–Trinajstić information content (AvgIpc) is 2.43. The van der Waals surface area contributed by atoms with Gasteiger partial charge in [0.25, 0.3) is 0 Å². The molecule has 2 rings (SSSR count). The van der Waals surface area contributed by atoms with E-state index in [-0.39, 0.29) is 16.9 Å². The lowest BCUT2D eigenvalue weighted by Gasteiger charge is -2.15. The van der Waals surface area contributed by atoms with Gasteiger partial charge in [0.2, 0.25) is 0 Å². The maximum absolute atomic E-state index is 13.5. The zero-order chi connectivity index (χ0) is 14.7. The van der Waals surface area contributed by atoms with Gasteiger partial charge in [-0.2, -0.15) is 0 Å². The van der Waals surface area contributed by atoms with Crippen molar-refractivity contribution in [3.8, 4) is 0 Å². The molecule has 0 amide bonds. The summed E-state index contributed by atoms with van der Waals surface area (Å²) in [4.78, 5) is 0. The Kier molecular flexibility index (Phi) is 4.73. The standard InChI is InChI=1S/C16H16ClF2N/c1-10-6-7-12(8-15(10)19)11(2)20-9-13-4-3-5-14(18)16(13)17/h3-8,11,20H,9H2,1-2H3. The van der Waals surface area contributed by atoms with E-state index >= 15 is 0 Å². The highest BCUT2D eigenvalue weighted by Gasteiger charge is 2.10. The van der Waals surface area contributed by atoms with Crippen molar-refractivity contribution in [1.29, 1.82) is 0 Å². The van der Waals surface area contributed by atoms with Crippen LogP contribution in [0.5, 0.6) is 0 Å². The molecule has 0 aliphatic rings. The van der Waals surface area contributed by atoms with E-state index in [1.807, 2.05) is 13.0 Å². The van der Waals surface area contributed by atoms with E-state index < -0.39 is 5.82 Å². The zero-order valence-electron chi connectivity index (χ0n) is 11.4. The Labute approximate surface area is 122 Å². The monoisotopic (exact) mass is 295 g/mol. The van der Waals surface area contributed by atoms with Crippen molar-refractivity contribution in [2.75, 3.05) is 0 Å². The molecule has 1 nitrogen and oxygen atoms in total. The van der Waals surface area contributed by atoms with E-state index in [0.29, 0.717) is 17.7 Å². The van der Waals surface area contributed by atoms with Gasteiger partial charge in [-0.15, -0.1) is 0 Å². The molecule has 106 valence electrons. The van der Waals surface area contributed by atoms with Crippen LogP contribution in [0.15, 0.2) is 36.4 Å². The van der Waals surface area contributed by atoms with Crippen LogP contribution in [-0.2, 0) is 6.54 Å². The molecule has 0 saturated carbocycles. The third-order valence-corrected chi connectivity index (χ3v) is 3.75. The van der Waals surface area contributed by atoms with Crippen LogP contribution in [0, 0.1) is 18.6 Å². The second-order valence-electron chi connectivity index (χ2n) is 4.82. The summed E-state index contributed by atoms with van der Waals surface area (Å²) in [6.45, 7) is 4.08. The average molecular weight is 296 g/mol. The number of hydrogen-bond donors (Lipinski definition) is 1. The molecule has 0 radical (unpaired) electrons. The molecule has 20 heavy (non-hydrogen) atoms. The van der Waals surface area contributed by atoms with Gasteiger partial charge in [0, 0.05) is 12.6 Å². The summed E-state index contributed by atoms with van der Waals surface area (Å²) in [5.74, 6) is -0.653. The molecule has 1 unspecified atom stereocenters. The smallest absolute Gasteiger partial charge is 0.142 e. The number of hydrogen-bond acceptors (Lipinski definition) is 1. The van der Waals surface area contributed by atoms with E-state index in [4.69, 9.17) is 11.6 Å². The lowest BCUT2D eigenvalue weighted by molar-refractivity contribution is 0.560. The van der Waals surface area contributed by atoms with Crippen molar-refractivity contribution in [3.05, 3.63) is 69.7 Å². The van der Waals surface area contributed by atoms with Crippen molar-refractivity contribution in [2.24, 2.45) is 0 Å². The second-order valence-corrected chi connectivity index (χ2v) is 5.20. The number of halogens is 3. The van der Waals surface area contributed by atoms with Gasteiger partial charge in [0.15, 0.2) is 0 Å². The van der Waals surface area contributed by atoms with Gasteiger partial charge in [-0.25, -0.2) is 8.78 Å². The Bertz CT molecular complexity index is 613. The lowest BCUT2D eigenvalue weighted by atomic mass is 10.1. The number of benzene rings is 2. The van der Waals surface area contributed by atoms with Gasteiger partial charge in [-0.05, 0) is 42.7 Å². The molecule has 0 bridgehead atoms. The van der Waals surface area contributed by atoms with Crippen molar-refractivity contribution >= 4 is 11.6 Å². The van der Waals surface area contributed by atoms with Crippen molar-refractivity contribution in [1.82, 2.24) is 5.32 Å². The van der Waals surface area contributed by atoms with Crippen LogP contribution in [0.3, 0.4) is 0 Å². The quantitative estimate of drug-likeness (QED) is 0.856. The Morgan fingerprint density at radius 1 is 1.15 bits per heavy atom. The number of nitrogens with one attached hydrogen (secondary N) is 1. The predicted molar refractivity (Wildman–Crippen MR) is 77.8 cm³/mol. The summed E-state index contributed by atoms with van der Waals surface area (Å²) in [7, 11) is 0. The molecule has 0 aliphatic carbocycles. The first-order valence-electron chi connectivity index (χ1n) is 6.41. The Balaban J connectivity index is 2.06. The third-order valence-electron chi connectivity index (χ3n) is 3.33. The summed E-state index contributed by atoms with van der Waals surface area (Å²) in [5, 5.41) is 3.34. The van der Waals surface area contributed by atoms with Gasteiger partial charge in [-0.3, -0.25) is 0 Å². The van der Waals surface area contributed by atoms with Gasteiger partial charge < -0.3 is 5.32 Å². The fourth-order valence-electron chi connectivity index (χ4n) is 1.94. The van der Waals surface area contributed by atoms with Crippen LogP contribution < -0.4 is 5.32 Å². The Morgan fingerprint density at radius 2 is 1.90 bits per heavy atom. The lowest BCUT2D eigenvalue weighted by Crippen LogP contribution is -2.18. The first-order valence-corrected chi connectivity index (χ1v) is 6.79. The molecule has 0 aliphatic heterocycles. The minimum Gasteiger partial charge on any atom is -0.306 e. The normalized spacial score (nSPS) is 12.4. The second kappa shape index (κ2) is 6.33. The van der Waals surface area contributed by atoms with E-state index in [1.165, 1.54) is 12.1 Å². The fraction of sp³-hybridized carbons (Fsp3) is 0.250. The summed E-state index contributed by atoms with van der Waals surface area (Å²) in [6.07, 6.45) is 0. The highest BCUT2D eigenvalue weighted by Crippen LogP contribution is 2.21. The summed E-state index contributed by atoms with van der Waals surface area (Å²) in [5.41, 5.74) is 2.15. The van der Waals surface area contributed by atoms with Crippen molar-refractivity contribution in [2.45, 2.75) is 26.4 Å². The third kappa shape index (κ3) is 3.35. The summed E-state index contributed by atoms with van der Waals surface area (Å²) < 4.78 is 26.8. The zero-order valence-corrected chi connectivity index (χ0v) is 12.1. The minimum atomic E-state index is -0.431. The highest BCUT2D eigenvalue weighted by atomic mass is 35.5.